The van der Waals surface area contributed by atoms with Crippen LogP contribution < -0.4 is 10.8 Å². The van der Waals surface area contributed by atoms with Crippen LogP contribution >= 0.6 is 51.1 Å². The number of hydrogen-bond acceptors (Lipinski definition) is 3. The van der Waals surface area contributed by atoms with Crippen molar-refractivity contribution in [2.45, 2.75) is 326 Å². The van der Waals surface area contributed by atoms with E-state index in [2.05, 4.69) is 215 Å². The van der Waals surface area contributed by atoms with Crippen molar-refractivity contribution >= 4 is 102 Å². The number of furan rings is 3. The van der Waals surface area contributed by atoms with Crippen molar-refractivity contribution in [1.29, 1.82) is 0 Å². The maximum absolute atomic E-state index is 6.69. The van der Waals surface area contributed by atoms with Crippen LogP contribution in [0.1, 0.15) is 236 Å². The first-order valence-corrected chi connectivity index (χ1v) is 72.5. The first-order chi connectivity index (χ1) is 43.7. The molecule has 3 nitrogen and oxygen atoms in total. The molecule has 0 spiro atoms. The van der Waals surface area contributed by atoms with Crippen LogP contribution in [0.4, 0.5) is 0 Å². The summed E-state index contributed by atoms with van der Waals surface area (Å²) in [6, 6.07) is 23.6. The van der Waals surface area contributed by atoms with Gasteiger partial charge in [-0.3, -0.25) is 0 Å². The summed E-state index contributed by atoms with van der Waals surface area (Å²) in [6.07, 6.45) is 24.9. The van der Waals surface area contributed by atoms with Gasteiger partial charge in [-0.15, -0.1) is 0 Å². The van der Waals surface area contributed by atoms with E-state index in [1.54, 1.807) is 31.2 Å². The molecule has 0 radical (unpaired) electrons. The molecular weight excluding hydrogens is 1670 g/mol. The second kappa shape index (κ2) is 44.1. The number of halogens is 6. The van der Waals surface area contributed by atoms with Gasteiger partial charge in [0.05, 0.1) is 35.0 Å². The third kappa shape index (κ3) is 25.8. The number of benzene rings is 1. The van der Waals surface area contributed by atoms with Gasteiger partial charge in [-0.2, -0.15) is 0 Å². The fourth-order valence-corrected chi connectivity index (χ4v) is 39.1. The molecular formula is C83H148Cl6O3Si5Zr3. The molecule has 0 bridgehead atoms. The molecule has 1 aromatic carbocycles. The third-order valence-electron chi connectivity index (χ3n) is 26.5. The fraction of sp³-hybridized carbons (Fsp3) is 0.711. The van der Waals surface area contributed by atoms with Crippen LogP contribution in [0.15, 0.2) is 73.9 Å². The zero-order chi connectivity index (χ0) is 70.3. The second-order valence-corrected chi connectivity index (χ2v) is 73.6. The van der Waals surface area contributed by atoms with Gasteiger partial charge in [0.25, 0.3) is 0 Å². The predicted octanol–water partition coefficient (Wildman–Crippen LogP) is 30.9. The Bertz CT molecular complexity index is 2790. The molecule has 100 heavy (non-hydrogen) atoms. The Morgan fingerprint density at radius 3 is 1.13 bits per heavy atom. The Balaban J connectivity index is 0.00000140. The summed E-state index contributed by atoms with van der Waals surface area (Å²) in [5.74, 6) is 13.2. The Hall–Kier alpha value is 2.53. The van der Waals surface area contributed by atoms with Gasteiger partial charge >= 0.3 is 114 Å². The molecule has 11 rings (SSSR count). The molecule has 0 saturated heterocycles. The molecule has 15 atom stereocenters. The van der Waals surface area contributed by atoms with E-state index in [1.807, 2.05) is 0 Å². The number of hydrogen-bond donors (Lipinski definition) is 0. The van der Waals surface area contributed by atoms with Gasteiger partial charge in [0.2, 0.25) is 0 Å². The first-order valence-electron chi connectivity index (χ1n) is 37.0. The van der Waals surface area contributed by atoms with Gasteiger partial charge in [-0.05, 0) is 184 Å². The molecule has 0 amide bonds. The molecule has 572 valence electrons. The zero-order valence-electron chi connectivity index (χ0n) is 69.1. The van der Waals surface area contributed by atoms with E-state index in [0.717, 1.165) is 86.4 Å². The van der Waals surface area contributed by atoms with Crippen molar-refractivity contribution in [1.82, 2.24) is 0 Å². The van der Waals surface area contributed by atoms with Gasteiger partial charge in [0, 0.05) is 17.8 Å². The zero-order valence-corrected chi connectivity index (χ0v) is 86.0. The third-order valence-corrected chi connectivity index (χ3v) is 45.8. The van der Waals surface area contributed by atoms with E-state index < -0.39 is 103 Å². The Morgan fingerprint density at radius 1 is 0.380 bits per heavy atom. The molecule has 7 aliphatic rings. The summed E-state index contributed by atoms with van der Waals surface area (Å²) in [7, 11) is 22.6. The average Bonchev–Trinajstić information content (AvgIpc) is 1.66. The van der Waals surface area contributed by atoms with Gasteiger partial charge in [0.15, 0.2) is 0 Å². The van der Waals surface area contributed by atoms with Crippen LogP contribution in [0, 0.1) is 98.3 Å². The van der Waals surface area contributed by atoms with Gasteiger partial charge < -0.3 is 57.8 Å². The molecule has 0 aliphatic heterocycles. The summed E-state index contributed by atoms with van der Waals surface area (Å²) in [5, 5.41) is 2.54. The van der Waals surface area contributed by atoms with Gasteiger partial charge in [0.1, 0.15) is 39.2 Å². The molecule has 15 unspecified atom stereocenters. The van der Waals surface area contributed by atoms with E-state index in [1.165, 1.54) is 117 Å². The quantitative estimate of drug-likeness (QED) is 0.105. The van der Waals surface area contributed by atoms with Crippen molar-refractivity contribution in [3.8, 4) is 0 Å². The summed E-state index contributed by atoms with van der Waals surface area (Å²) >= 11 is -2.48. The standard InChI is InChI=1S/C31H46OSi.C30H52O2Si3.C16H32Si.6CH3.6ClH.3Zr/c1-21-14-19-29(32-21)28-20-27-25(22-15-17-23(18-16-22)31(2,3)4)12-9-13-26(27)30(28)33(5,6)24-10-7-8-11-24;1-19-17-23(25-13-15-27(31-25)33(5,6)7)29(21(19)3)35(11,12)30-22(4)20(2)18-24(30)26-14-16-28(32-26)34(8,9)10;1-16(2,3)13-10-11-15(12-13)17(4,5)14-8-6-7-9-14;;;;;;;;;;;;;;;/h14-19,24-28,30H,7-13,20H2,1-6H3;13-16,19-24,29-30H,17-18H2,1-12H3;13-15H,6-12H2,1-5H3;6*1H3;6*1H;;;/q;;;6*-1;;;;;;;3*+4/p-6. The van der Waals surface area contributed by atoms with Crippen molar-refractivity contribution in [2.24, 2.45) is 46.8 Å². The van der Waals surface area contributed by atoms with Crippen LogP contribution in [0.3, 0.4) is 0 Å². The number of rotatable bonds is 12. The predicted molar refractivity (Wildman–Crippen MR) is 457 cm³/mol. The molecule has 0 N–H and O–H groups in total. The number of aryl methyl sites for hydroxylation is 1. The van der Waals surface area contributed by atoms with E-state index in [4.69, 9.17) is 64.3 Å². The summed E-state index contributed by atoms with van der Waals surface area (Å²) in [4.78, 5) is 0. The van der Waals surface area contributed by atoms with Gasteiger partial charge in [-0.1, -0.05) is 243 Å². The van der Waals surface area contributed by atoms with Crippen molar-refractivity contribution < 1.29 is 75.8 Å². The summed E-state index contributed by atoms with van der Waals surface area (Å²) in [5.41, 5.74) is 9.55. The van der Waals surface area contributed by atoms with Crippen LogP contribution in [0.2, 0.25) is 112 Å². The van der Waals surface area contributed by atoms with Crippen LogP contribution in [0.25, 0.3) is 0 Å². The molecule has 3 heterocycles. The molecule has 17 heteroatoms. The average molecular weight is 1820 g/mol. The van der Waals surface area contributed by atoms with E-state index >= 15 is 0 Å². The van der Waals surface area contributed by atoms with E-state index in [-0.39, 0.29) is 50.0 Å². The van der Waals surface area contributed by atoms with Crippen molar-refractivity contribution in [3.05, 3.63) is 139 Å². The van der Waals surface area contributed by atoms with Crippen LogP contribution in [0.5, 0.6) is 0 Å². The topological polar surface area (TPSA) is 39.4 Å². The van der Waals surface area contributed by atoms with Crippen molar-refractivity contribution in [2.75, 3.05) is 0 Å². The van der Waals surface area contributed by atoms with Gasteiger partial charge in [-0.25, -0.2) is 0 Å². The van der Waals surface area contributed by atoms with Crippen molar-refractivity contribution in [3.63, 3.8) is 0 Å². The normalized spacial score (nSPS) is 28.2. The molecule has 7 fully saturated rings. The van der Waals surface area contributed by atoms with Crippen LogP contribution in [-0.4, -0.2) is 40.4 Å². The number of fused-ring (bicyclic) bond motifs is 1. The molecule has 7 saturated carbocycles. The monoisotopic (exact) mass is 1810 g/mol. The van der Waals surface area contributed by atoms with E-state index in [9.17, 15) is 0 Å². The van der Waals surface area contributed by atoms with Crippen LogP contribution in [-0.2, 0) is 68.0 Å². The Labute approximate surface area is 682 Å². The summed E-state index contributed by atoms with van der Waals surface area (Å²) in [6.45, 7) is 57.3. The Morgan fingerprint density at radius 2 is 0.770 bits per heavy atom. The Kier molecular flexibility index (Phi) is 45.2. The fourth-order valence-electron chi connectivity index (χ4n) is 20.9. The summed E-state index contributed by atoms with van der Waals surface area (Å²) < 4.78 is 19.8. The minimum atomic E-state index is -1.71. The first kappa shape index (κ1) is 103. The molecule has 4 aromatic rings. The minimum absolute atomic E-state index is 0. The maximum atomic E-state index is 6.69. The molecule has 7 aliphatic carbocycles. The SMILES string of the molecule is CC(C)(C)C1CCC([Si](C)(C)C2CCCC2)C1.CC1CC(c2ccc([Si](C)(C)C)o2)C([Si](C)(C)C2C(c3ccc([Si](C)(C)C)o3)CC(C)C2C)C1C.Cc1ccc(C2CC3C(c4ccc(C(C)(C)C)cc4)CCCC3C2[Si](C)(C)C2CCCC2)o1.[CH3-].[CH3-].[CH3-].[CH3-].[CH3-].[CH3-].[Cl][Zr+2][Cl].[Cl][Zr+2][Cl].[Cl][Zr+2][Cl]. The molecule has 3 aromatic heterocycles. The van der Waals surface area contributed by atoms with E-state index in [0.29, 0.717) is 23.2 Å². The second-order valence-electron chi connectivity index (χ2n) is 37.1.